The van der Waals surface area contributed by atoms with Gasteiger partial charge in [0.05, 0.1) is 0 Å². The first-order valence-electron chi connectivity index (χ1n) is 7.74. The average Bonchev–Trinajstić information content (AvgIpc) is 2.52. The Labute approximate surface area is 131 Å². The molecule has 122 valence electrons. The Morgan fingerprint density at radius 2 is 1.82 bits per heavy atom. The predicted octanol–water partition coefficient (Wildman–Crippen LogP) is 1.61. The topological polar surface area (TPSA) is 99.7 Å². The number of guanidine groups is 1. The predicted molar refractivity (Wildman–Crippen MR) is 89.1 cm³/mol. The van der Waals surface area contributed by atoms with Gasteiger partial charge in [-0.3, -0.25) is 9.79 Å². The van der Waals surface area contributed by atoms with Crippen molar-refractivity contribution in [3.8, 4) is 5.75 Å². The van der Waals surface area contributed by atoms with E-state index in [0.717, 1.165) is 13.0 Å². The molecule has 0 bridgehead atoms. The third-order valence-electron chi connectivity index (χ3n) is 3.14. The number of carbonyl (C=O) groups is 1. The molecule has 0 radical (unpaired) electrons. The quantitative estimate of drug-likeness (QED) is 0.316. The molecule has 6 heteroatoms. The Balaban J connectivity index is 2.15. The summed E-state index contributed by atoms with van der Waals surface area (Å²) in [6, 6.07) is 6.11. The maximum atomic E-state index is 11.8. The molecule has 1 rings (SSSR count). The van der Waals surface area contributed by atoms with Gasteiger partial charge in [-0.25, -0.2) is 0 Å². The second-order valence-electron chi connectivity index (χ2n) is 5.06. The third-order valence-corrected chi connectivity index (χ3v) is 3.14. The Bertz CT molecular complexity index is 472. The zero-order valence-electron chi connectivity index (χ0n) is 13.1. The number of nitrogens with two attached hydrogens (primary N) is 1. The van der Waals surface area contributed by atoms with Crippen molar-refractivity contribution in [3.05, 3.63) is 29.8 Å². The van der Waals surface area contributed by atoms with Gasteiger partial charge in [-0.15, -0.1) is 0 Å². The lowest BCUT2D eigenvalue weighted by atomic mass is 10.2. The summed E-state index contributed by atoms with van der Waals surface area (Å²) in [7, 11) is 0. The Morgan fingerprint density at radius 3 is 2.50 bits per heavy atom. The minimum Gasteiger partial charge on any atom is -0.508 e. The van der Waals surface area contributed by atoms with Crippen molar-refractivity contribution in [2.45, 2.75) is 32.6 Å². The summed E-state index contributed by atoms with van der Waals surface area (Å²) in [5.41, 5.74) is 6.24. The smallest absolute Gasteiger partial charge is 0.251 e. The summed E-state index contributed by atoms with van der Waals surface area (Å²) in [5.74, 6) is 0.369. The molecule has 6 nitrogen and oxygen atoms in total. The summed E-state index contributed by atoms with van der Waals surface area (Å²) in [4.78, 5) is 16.0. The molecule has 1 amide bonds. The van der Waals surface area contributed by atoms with E-state index in [0.29, 0.717) is 24.6 Å². The van der Waals surface area contributed by atoms with E-state index in [1.807, 2.05) is 0 Å². The second kappa shape index (κ2) is 10.5. The van der Waals surface area contributed by atoms with Crippen LogP contribution in [-0.4, -0.2) is 36.6 Å². The Morgan fingerprint density at radius 1 is 1.14 bits per heavy atom. The molecule has 5 N–H and O–H groups in total. The van der Waals surface area contributed by atoms with Crippen LogP contribution >= 0.6 is 0 Å². The van der Waals surface area contributed by atoms with Gasteiger partial charge >= 0.3 is 0 Å². The van der Waals surface area contributed by atoms with Gasteiger partial charge in [-0.1, -0.05) is 26.2 Å². The number of rotatable bonds is 9. The van der Waals surface area contributed by atoms with Crippen LogP contribution in [0.15, 0.2) is 29.3 Å². The van der Waals surface area contributed by atoms with Crippen LogP contribution in [0.4, 0.5) is 0 Å². The van der Waals surface area contributed by atoms with Crippen LogP contribution in [0.2, 0.25) is 0 Å². The fourth-order valence-electron chi connectivity index (χ4n) is 1.88. The largest absolute Gasteiger partial charge is 0.508 e. The summed E-state index contributed by atoms with van der Waals surface area (Å²) >= 11 is 0. The van der Waals surface area contributed by atoms with Crippen LogP contribution in [0.25, 0.3) is 0 Å². The lowest BCUT2D eigenvalue weighted by Crippen LogP contribution is -2.38. The van der Waals surface area contributed by atoms with Gasteiger partial charge in [-0.2, -0.15) is 0 Å². The van der Waals surface area contributed by atoms with Crippen LogP contribution in [0.1, 0.15) is 43.0 Å². The maximum Gasteiger partial charge on any atom is 0.251 e. The van der Waals surface area contributed by atoms with Crippen LogP contribution in [0.3, 0.4) is 0 Å². The van der Waals surface area contributed by atoms with Gasteiger partial charge in [0, 0.05) is 25.2 Å². The number of benzene rings is 1. The molecule has 0 fully saturated rings. The zero-order valence-corrected chi connectivity index (χ0v) is 13.1. The van der Waals surface area contributed by atoms with Crippen molar-refractivity contribution < 1.29 is 9.90 Å². The first-order valence-corrected chi connectivity index (χ1v) is 7.74. The molecule has 0 saturated heterocycles. The molecule has 0 aliphatic heterocycles. The first kappa shape index (κ1) is 17.8. The van der Waals surface area contributed by atoms with E-state index in [1.54, 1.807) is 12.1 Å². The van der Waals surface area contributed by atoms with E-state index in [2.05, 4.69) is 22.5 Å². The van der Waals surface area contributed by atoms with Gasteiger partial charge in [-0.05, 0) is 30.7 Å². The van der Waals surface area contributed by atoms with Crippen molar-refractivity contribution in [2.24, 2.45) is 10.7 Å². The monoisotopic (exact) mass is 306 g/mol. The van der Waals surface area contributed by atoms with Gasteiger partial charge < -0.3 is 21.5 Å². The number of hydrogen-bond acceptors (Lipinski definition) is 3. The number of aliphatic imine (C=N–C) groups is 1. The number of unbranched alkanes of at least 4 members (excludes halogenated alkanes) is 3. The lowest BCUT2D eigenvalue weighted by molar-refractivity contribution is 0.0954. The van der Waals surface area contributed by atoms with Gasteiger partial charge in [0.1, 0.15) is 5.75 Å². The lowest BCUT2D eigenvalue weighted by Gasteiger charge is -2.07. The van der Waals surface area contributed by atoms with Crippen molar-refractivity contribution in [3.63, 3.8) is 0 Å². The van der Waals surface area contributed by atoms with Crippen LogP contribution < -0.4 is 16.4 Å². The highest BCUT2D eigenvalue weighted by atomic mass is 16.3. The molecule has 1 aromatic rings. The number of phenolic OH excluding ortho intramolecular Hbond substituents is 1. The van der Waals surface area contributed by atoms with E-state index in [4.69, 9.17) is 10.8 Å². The molecule has 0 heterocycles. The van der Waals surface area contributed by atoms with Crippen molar-refractivity contribution >= 4 is 11.9 Å². The highest BCUT2D eigenvalue weighted by Gasteiger charge is 2.03. The molecule has 1 aromatic carbocycles. The van der Waals surface area contributed by atoms with E-state index >= 15 is 0 Å². The summed E-state index contributed by atoms with van der Waals surface area (Å²) < 4.78 is 0. The van der Waals surface area contributed by atoms with E-state index in [1.165, 1.54) is 31.4 Å². The zero-order chi connectivity index (χ0) is 16.2. The fraction of sp³-hybridized carbons (Fsp3) is 0.500. The molecule has 0 unspecified atom stereocenters. The van der Waals surface area contributed by atoms with E-state index in [-0.39, 0.29) is 11.7 Å². The molecule has 0 spiro atoms. The number of aromatic hydroxyl groups is 1. The van der Waals surface area contributed by atoms with Crippen molar-refractivity contribution in [1.29, 1.82) is 0 Å². The fourth-order valence-corrected chi connectivity index (χ4v) is 1.88. The highest BCUT2D eigenvalue weighted by molar-refractivity contribution is 5.94. The minimum absolute atomic E-state index is 0.140. The molecule has 0 atom stereocenters. The number of phenols is 1. The number of hydrogen-bond donors (Lipinski definition) is 4. The second-order valence-corrected chi connectivity index (χ2v) is 5.06. The molecular weight excluding hydrogens is 280 g/mol. The van der Waals surface area contributed by atoms with Crippen molar-refractivity contribution in [2.75, 3.05) is 19.6 Å². The molecule has 0 aliphatic rings. The first-order chi connectivity index (χ1) is 10.6. The summed E-state index contributed by atoms with van der Waals surface area (Å²) in [6.45, 7) is 3.88. The maximum absolute atomic E-state index is 11.8. The number of nitrogens with one attached hydrogen (secondary N) is 2. The Hall–Kier alpha value is -2.24. The highest BCUT2D eigenvalue weighted by Crippen LogP contribution is 2.09. The van der Waals surface area contributed by atoms with Crippen molar-refractivity contribution in [1.82, 2.24) is 10.6 Å². The average molecular weight is 306 g/mol. The number of carbonyl (C=O) groups excluding carboxylic acids is 1. The molecular formula is C16H26N4O2. The van der Waals surface area contributed by atoms with Crippen LogP contribution in [0.5, 0.6) is 5.75 Å². The van der Waals surface area contributed by atoms with Gasteiger partial charge in [0.15, 0.2) is 5.96 Å². The minimum atomic E-state index is -0.183. The number of amides is 1. The van der Waals surface area contributed by atoms with Crippen LogP contribution in [-0.2, 0) is 0 Å². The number of nitrogens with zero attached hydrogens (tertiary/aromatic N) is 1. The normalized spacial score (nSPS) is 11.2. The third kappa shape index (κ3) is 7.52. The Kier molecular flexibility index (Phi) is 8.49. The van der Waals surface area contributed by atoms with Crippen LogP contribution in [0, 0.1) is 0 Å². The summed E-state index contributed by atoms with van der Waals surface area (Å²) in [6.07, 6.45) is 4.66. The molecule has 22 heavy (non-hydrogen) atoms. The molecule has 0 aliphatic carbocycles. The molecule has 0 aromatic heterocycles. The van der Waals surface area contributed by atoms with Gasteiger partial charge in [0.2, 0.25) is 0 Å². The standard InChI is InChI=1S/C16H26N4O2/c1-2-3-4-5-10-19-16(17)20-12-11-18-15(22)13-6-8-14(21)9-7-13/h6-9,21H,2-5,10-12H2,1H3,(H,18,22)(H3,17,19,20). The summed E-state index contributed by atoms with van der Waals surface area (Å²) in [5, 5.41) is 14.9. The van der Waals surface area contributed by atoms with E-state index < -0.39 is 0 Å². The molecule has 0 saturated carbocycles. The SMILES string of the molecule is CCCCCCN=C(N)NCCNC(=O)c1ccc(O)cc1. The van der Waals surface area contributed by atoms with Gasteiger partial charge in [0.25, 0.3) is 5.91 Å². The van der Waals surface area contributed by atoms with E-state index in [9.17, 15) is 4.79 Å².